The standard InChI is InChI=1S/C5H8O4.Bi.3H/c6-4(7)2-1-3-5(8)9;;;;/h1-3H2,(H,6,7)(H,8,9);;;;. The number of rotatable bonds is 4. The number of hydrogen-bond acceptors (Lipinski definition) is 2. The molecule has 5 heteroatoms. The molecule has 0 radical (unpaired) electrons. The molecule has 0 saturated carbocycles. The van der Waals surface area contributed by atoms with E-state index in [9.17, 15) is 9.59 Å². The molecule has 0 aromatic heterocycles. The number of carbonyl (C=O) groups is 2. The molecular formula is C5H11BiO4. The van der Waals surface area contributed by atoms with Crippen molar-refractivity contribution in [2.75, 3.05) is 0 Å². The van der Waals surface area contributed by atoms with E-state index in [4.69, 9.17) is 10.2 Å². The van der Waals surface area contributed by atoms with Crippen molar-refractivity contribution in [3.05, 3.63) is 0 Å². The summed E-state index contributed by atoms with van der Waals surface area (Å²) in [5.74, 6) is -1.90. The van der Waals surface area contributed by atoms with Gasteiger partial charge in [0.1, 0.15) is 0 Å². The van der Waals surface area contributed by atoms with Crippen molar-refractivity contribution in [1.82, 2.24) is 0 Å². The normalized spacial score (nSPS) is 8.00. The summed E-state index contributed by atoms with van der Waals surface area (Å²) in [5, 5.41) is 16.1. The van der Waals surface area contributed by atoms with Gasteiger partial charge in [0.05, 0.1) is 0 Å². The Kier molecular flexibility index (Phi) is 8.67. The van der Waals surface area contributed by atoms with E-state index < -0.39 is 11.9 Å². The molecule has 0 aromatic rings. The van der Waals surface area contributed by atoms with E-state index in [1.54, 1.807) is 0 Å². The second-order valence-corrected chi connectivity index (χ2v) is 1.64. The first kappa shape index (κ1) is 12.5. The van der Waals surface area contributed by atoms with Crippen LogP contribution in [0.4, 0.5) is 0 Å². The van der Waals surface area contributed by atoms with E-state index in [2.05, 4.69) is 0 Å². The van der Waals surface area contributed by atoms with Gasteiger partial charge >= 0.3 is 38.1 Å². The Balaban J connectivity index is 0. The van der Waals surface area contributed by atoms with Crippen LogP contribution in [0.5, 0.6) is 0 Å². The summed E-state index contributed by atoms with van der Waals surface area (Å²) in [7, 11) is 0. The van der Waals surface area contributed by atoms with E-state index in [0.717, 1.165) is 0 Å². The third-order valence-corrected chi connectivity index (χ3v) is 0.781. The minimum atomic E-state index is -0.948. The molecule has 10 heavy (non-hydrogen) atoms. The van der Waals surface area contributed by atoms with Gasteiger partial charge in [0.15, 0.2) is 0 Å². The van der Waals surface area contributed by atoms with Gasteiger partial charge in [0.25, 0.3) is 0 Å². The molecule has 0 bridgehead atoms. The first-order valence-corrected chi connectivity index (χ1v) is 2.56. The Labute approximate surface area is 77.4 Å². The molecule has 0 aliphatic heterocycles. The molecule has 4 nitrogen and oxygen atoms in total. The van der Waals surface area contributed by atoms with Crippen LogP contribution in [-0.2, 0) is 9.59 Å². The summed E-state index contributed by atoms with van der Waals surface area (Å²) in [6.45, 7) is 0. The second kappa shape index (κ2) is 6.94. The van der Waals surface area contributed by atoms with Gasteiger partial charge in [0.2, 0.25) is 0 Å². The number of hydrogen-bond donors (Lipinski definition) is 2. The Morgan fingerprint density at radius 2 is 1.30 bits per heavy atom. The van der Waals surface area contributed by atoms with Crippen molar-refractivity contribution >= 4 is 38.1 Å². The van der Waals surface area contributed by atoms with Gasteiger partial charge in [-0.05, 0) is 6.42 Å². The SMILES string of the molecule is O=C(O)CCCC(=O)O.[BiH3]. The molecule has 0 rings (SSSR count). The van der Waals surface area contributed by atoms with E-state index in [1.165, 1.54) is 0 Å². The van der Waals surface area contributed by atoms with Gasteiger partial charge in [-0.15, -0.1) is 0 Å². The van der Waals surface area contributed by atoms with Crippen molar-refractivity contribution in [2.24, 2.45) is 0 Å². The summed E-state index contributed by atoms with van der Waals surface area (Å²) >= 11 is 0. The first-order valence-electron chi connectivity index (χ1n) is 2.56. The van der Waals surface area contributed by atoms with Gasteiger partial charge in [-0.3, -0.25) is 9.59 Å². The van der Waals surface area contributed by atoms with Crippen LogP contribution in [0.2, 0.25) is 0 Å². The minimum absolute atomic E-state index is 0. The Morgan fingerprint density at radius 3 is 1.50 bits per heavy atom. The van der Waals surface area contributed by atoms with Gasteiger partial charge in [-0.2, -0.15) is 0 Å². The van der Waals surface area contributed by atoms with Gasteiger partial charge in [-0.25, -0.2) is 0 Å². The molecule has 0 heterocycles. The van der Waals surface area contributed by atoms with Crippen molar-refractivity contribution in [2.45, 2.75) is 19.3 Å². The molecule has 0 aliphatic rings. The first-order chi connectivity index (χ1) is 4.13. The third-order valence-electron chi connectivity index (χ3n) is 0.781. The fourth-order valence-electron chi connectivity index (χ4n) is 0.391. The fourth-order valence-corrected chi connectivity index (χ4v) is 0.391. The quantitative estimate of drug-likeness (QED) is 0.651. The molecular weight excluding hydrogens is 333 g/mol. The van der Waals surface area contributed by atoms with Crippen LogP contribution in [0, 0.1) is 0 Å². The summed E-state index contributed by atoms with van der Waals surface area (Å²) < 4.78 is 0. The van der Waals surface area contributed by atoms with Crippen molar-refractivity contribution in [3.63, 3.8) is 0 Å². The molecule has 0 aromatic carbocycles. The zero-order valence-corrected chi connectivity index (χ0v) is 11.0. The van der Waals surface area contributed by atoms with Gasteiger partial charge in [-0.1, -0.05) is 0 Å². The molecule has 60 valence electrons. The van der Waals surface area contributed by atoms with E-state index in [0.29, 0.717) is 0 Å². The summed E-state index contributed by atoms with van der Waals surface area (Å²) in [6, 6.07) is 0. The summed E-state index contributed by atoms with van der Waals surface area (Å²) in [6.07, 6.45) is 0.0866. The van der Waals surface area contributed by atoms with Crippen LogP contribution in [0.1, 0.15) is 19.3 Å². The molecule has 2 N–H and O–H groups in total. The average Bonchev–Trinajstić information content (AvgIpc) is 1.63. The van der Waals surface area contributed by atoms with Crippen molar-refractivity contribution in [3.8, 4) is 0 Å². The van der Waals surface area contributed by atoms with Crippen LogP contribution in [0.25, 0.3) is 0 Å². The van der Waals surface area contributed by atoms with Crippen LogP contribution in [0.15, 0.2) is 0 Å². The molecule has 0 fully saturated rings. The average molecular weight is 344 g/mol. The van der Waals surface area contributed by atoms with E-state index in [1.807, 2.05) is 0 Å². The van der Waals surface area contributed by atoms with Crippen LogP contribution < -0.4 is 0 Å². The van der Waals surface area contributed by atoms with Gasteiger partial charge in [0, 0.05) is 12.8 Å². The topological polar surface area (TPSA) is 74.6 Å². The summed E-state index contributed by atoms with van der Waals surface area (Å²) in [5.41, 5.74) is 0. The maximum atomic E-state index is 9.79. The number of carboxylic acids is 2. The number of aliphatic carboxylic acids is 2. The van der Waals surface area contributed by atoms with E-state index >= 15 is 0 Å². The maximum absolute atomic E-state index is 9.79. The zero-order valence-electron chi connectivity index (χ0n) is 5.54. The molecule has 0 saturated heterocycles. The fraction of sp³-hybridized carbons (Fsp3) is 0.600. The molecule has 0 atom stereocenters. The Morgan fingerprint density at radius 1 is 1.00 bits per heavy atom. The predicted octanol–water partition coefficient (Wildman–Crippen LogP) is -0.858. The Hall–Kier alpha value is -0.177. The van der Waals surface area contributed by atoms with Crippen LogP contribution in [-0.4, -0.2) is 48.4 Å². The molecule has 0 amide bonds. The van der Waals surface area contributed by atoms with Crippen molar-refractivity contribution < 1.29 is 19.8 Å². The second-order valence-electron chi connectivity index (χ2n) is 1.64. The molecule has 0 spiro atoms. The number of carboxylic acid groups (broad SMARTS) is 2. The molecule has 0 unspecified atom stereocenters. The molecule has 0 aliphatic carbocycles. The summed E-state index contributed by atoms with van der Waals surface area (Å²) in [4.78, 5) is 19.6. The van der Waals surface area contributed by atoms with Gasteiger partial charge < -0.3 is 10.2 Å². The zero-order chi connectivity index (χ0) is 7.28. The van der Waals surface area contributed by atoms with Crippen LogP contribution in [0.3, 0.4) is 0 Å². The Bertz CT molecular complexity index is 109. The third kappa shape index (κ3) is 10.7. The van der Waals surface area contributed by atoms with E-state index in [-0.39, 0.29) is 45.5 Å². The monoisotopic (exact) mass is 344 g/mol. The van der Waals surface area contributed by atoms with Crippen molar-refractivity contribution in [1.29, 1.82) is 0 Å². The predicted molar refractivity (Wildman–Crippen MR) is 39.1 cm³/mol. The van der Waals surface area contributed by atoms with Crippen LogP contribution >= 0.6 is 0 Å².